The molecule has 0 unspecified atom stereocenters. The van der Waals surface area contributed by atoms with E-state index in [0.29, 0.717) is 0 Å². The summed E-state index contributed by atoms with van der Waals surface area (Å²) < 4.78 is 6.93. The van der Waals surface area contributed by atoms with Crippen molar-refractivity contribution in [2.45, 2.75) is 5.41 Å². The molecule has 2 heteroatoms. The number of nitrogens with zero attached hydrogens (tertiary/aromatic N) is 1. The highest BCUT2D eigenvalue weighted by Gasteiger charge is 2.46. The van der Waals surface area contributed by atoms with Gasteiger partial charge in [-0.1, -0.05) is 176 Å². The highest BCUT2D eigenvalue weighted by molar-refractivity contribution is 6.19. The Balaban J connectivity index is 1.11. The molecule has 1 aromatic heterocycles. The maximum absolute atomic E-state index is 6.93. The van der Waals surface area contributed by atoms with Crippen LogP contribution in [-0.4, -0.2) is 0 Å². The third-order valence-corrected chi connectivity index (χ3v) is 12.5. The van der Waals surface area contributed by atoms with Crippen molar-refractivity contribution in [2.75, 3.05) is 4.90 Å². The highest BCUT2D eigenvalue weighted by Crippen LogP contribution is 2.57. The Kier molecular flexibility index (Phi) is 7.48. The Morgan fingerprint density at radius 2 is 0.915 bits per heavy atom. The lowest BCUT2D eigenvalue weighted by atomic mass is 9.67. The smallest absolute Gasteiger partial charge is 0.143 e. The van der Waals surface area contributed by atoms with Crippen molar-refractivity contribution in [3.63, 3.8) is 0 Å². The Hall–Kier alpha value is -7.68. The van der Waals surface area contributed by atoms with E-state index < -0.39 is 5.41 Å². The Morgan fingerprint density at radius 3 is 1.69 bits per heavy atom. The van der Waals surface area contributed by atoms with Gasteiger partial charge >= 0.3 is 0 Å². The minimum atomic E-state index is -0.514. The van der Waals surface area contributed by atoms with Crippen LogP contribution in [0.2, 0.25) is 0 Å². The molecule has 0 atom stereocenters. The van der Waals surface area contributed by atoms with E-state index in [1.165, 1.54) is 60.7 Å². The molecule has 0 saturated heterocycles. The van der Waals surface area contributed by atoms with Crippen LogP contribution in [0.4, 0.5) is 17.1 Å². The first-order chi connectivity index (χ1) is 29.3. The van der Waals surface area contributed by atoms with Crippen LogP contribution < -0.4 is 4.90 Å². The number of hydrogen-bond acceptors (Lipinski definition) is 2. The number of anilines is 3. The second kappa shape index (κ2) is 13.2. The molecule has 276 valence electrons. The largest absolute Gasteiger partial charge is 0.455 e. The average Bonchev–Trinajstić information content (AvgIpc) is 3.83. The van der Waals surface area contributed by atoms with Crippen molar-refractivity contribution in [3.05, 3.63) is 247 Å². The van der Waals surface area contributed by atoms with Gasteiger partial charge in [0.2, 0.25) is 0 Å². The normalized spacial score (nSPS) is 12.9. The number of benzene rings is 10. The molecule has 0 saturated carbocycles. The van der Waals surface area contributed by atoms with Gasteiger partial charge in [0.25, 0.3) is 0 Å². The van der Waals surface area contributed by atoms with Gasteiger partial charge in [-0.25, -0.2) is 0 Å². The molecule has 0 amide bonds. The monoisotopic (exact) mass is 751 g/mol. The van der Waals surface area contributed by atoms with Crippen molar-refractivity contribution < 1.29 is 4.42 Å². The van der Waals surface area contributed by atoms with Crippen molar-refractivity contribution >= 4 is 60.5 Å². The third kappa shape index (κ3) is 5.06. The molecule has 0 radical (unpaired) electrons. The van der Waals surface area contributed by atoms with Crippen molar-refractivity contribution in [2.24, 2.45) is 0 Å². The molecule has 0 bridgehead atoms. The lowest BCUT2D eigenvalue weighted by molar-refractivity contribution is 0.673. The summed E-state index contributed by atoms with van der Waals surface area (Å²) in [5.74, 6) is 0. The summed E-state index contributed by atoms with van der Waals surface area (Å²) in [6, 6.07) is 81.7. The molecule has 2 nitrogen and oxygen atoms in total. The lowest BCUT2D eigenvalue weighted by Crippen LogP contribution is -2.28. The zero-order chi connectivity index (χ0) is 38.9. The SMILES string of the molecule is c1ccc(-c2cc3c4ccc(N(c5ccc6c(c5)C(c5ccccc5)(c5ccccc5)c5ccccc5-6)c5ccc6ccccc6c5)cc4oc3c3ccccc23)cc1. The molecule has 1 aliphatic carbocycles. The molecular weight excluding hydrogens is 715 g/mol. The maximum atomic E-state index is 6.93. The second-order valence-corrected chi connectivity index (χ2v) is 15.6. The molecule has 0 fully saturated rings. The number of furan rings is 1. The van der Waals surface area contributed by atoms with Gasteiger partial charge in [0, 0.05) is 39.3 Å². The number of rotatable bonds is 6. The van der Waals surface area contributed by atoms with Crippen molar-refractivity contribution in [1.82, 2.24) is 0 Å². The molecule has 10 aromatic carbocycles. The van der Waals surface area contributed by atoms with Crippen LogP contribution >= 0.6 is 0 Å². The maximum Gasteiger partial charge on any atom is 0.143 e. The third-order valence-electron chi connectivity index (χ3n) is 12.5. The van der Waals surface area contributed by atoms with Crippen LogP contribution in [0.15, 0.2) is 229 Å². The Morgan fingerprint density at radius 1 is 0.339 bits per heavy atom. The van der Waals surface area contributed by atoms with E-state index >= 15 is 0 Å². The van der Waals surface area contributed by atoms with E-state index in [0.717, 1.165) is 44.4 Å². The van der Waals surface area contributed by atoms with Crippen LogP contribution in [0, 0.1) is 0 Å². The van der Waals surface area contributed by atoms with E-state index in [-0.39, 0.29) is 0 Å². The molecule has 12 rings (SSSR count). The second-order valence-electron chi connectivity index (χ2n) is 15.6. The van der Waals surface area contributed by atoms with Crippen LogP contribution in [-0.2, 0) is 5.41 Å². The van der Waals surface area contributed by atoms with Gasteiger partial charge in [0.05, 0.1) is 5.41 Å². The van der Waals surface area contributed by atoms with Gasteiger partial charge in [0.1, 0.15) is 11.2 Å². The first-order valence-electron chi connectivity index (χ1n) is 20.3. The molecular formula is C57H37NO. The van der Waals surface area contributed by atoms with Crippen molar-refractivity contribution in [1.29, 1.82) is 0 Å². The van der Waals surface area contributed by atoms with E-state index in [1.54, 1.807) is 0 Å². The topological polar surface area (TPSA) is 16.4 Å². The van der Waals surface area contributed by atoms with E-state index in [2.05, 4.69) is 229 Å². The summed E-state index contributed by atoms with van der Waals surface area (Å²) in [4.78, 5) is 2.40. The predicted molar refractivity (Wildman–Crippen MR) is 246 cm³/mol. The van der Waals surface area contributed by atoms with Crippen LogP contribution in [0.1, 0.15) is 22.3 Å². The van der Waals surface area contributed by atoms with E-state index in [4.69, 9.17) is 4.42 Å². The van der Waals surface area contributed by atoms with Crippen molar-refractivity contribution in [3.8, 4) is 22.3 Å². The molecule has 59 heavy (non-hydrogen) atoms. The summed E-state index contributed by atoms with van der Waals surface area (Å²) >= 11 is 0. The highest BCUT2D eigenvalue weighted by atomic mass is 16.3. The molecule has 1 heterocycles. The lowest BCUT2D eigenvalue weighted by Gasteiger charge is -2.35. The van der Waals surface area contributed by atoms with Gasteiger partial charge in [-0.15, -0.1) is 0 Å². The summed E-state index contributed by atoms with van der Waals surface area (Å²) in [7, 11) is 0. The molecule has 0 aliphatic heterocycles. The molecule has 0 spiro atoms. The van der Waals surface area contributed by atoms with Gasteiger partial charge in [-0.05, 0) is 103 Å². The van der Waals surface area contributed by atoms with Crippen LogP contribution in [0.5, 0.6) is 0 Å². The van der Waals surface area contributed by atoms with Gasteiger partial charge in [0.15, 0.2) is 0 Å². The summed E-state index contributed by atoms with van der Waals surface area (Å²) in [5.41, 5.74) is 14.4. The Bertz CT molecular complexity index is 3340. The predicted octanol–water partition coefficient (Wildman–Crippen LogP) is 15.4. The van der Waals surface area contributed by atoms with E-state index in [1.807, 2.05) is 0 Å². The fourth-order valence-corrected chi connectivity index (χ4v) is 9.92. The fourth-order valence-electron chi connectivity index (χ4n) is 9.92. The Labute approximate surface area is 342 Å². The van der Waals surface area contributed by atoms with Gasteiger partial charge < -0.3 is 9.32 Å². The molecule has 0 N–H and O–H groups in total. The first-order valence-corrected chi connectivity index (χ1v) is 20.3. The zero-order valence-electron chi connectivity index (χ0n) is 32.2. The average molecular weight is 752 g/mol. The zero-order valence-corrected chi connectivity index (χ0v) is 32.2. The summed E-state index contributed by atoms with van der Waals surface area (Å²) in [5, 5.41) is 6.92. The fraction of sp³-hybridized carbons (Fsp3) is 0.0175. The van der Waals surface area contributed by atoms with Gasteiger partial charge in [-0.2, -0.15) is 0 Å². The standard InChI is InChI=1S/C57H37NO/c1-4-17-39(18-5-1)51-37-52-49-33-31-45(36-55(49)59-56(52)50-26-13-12-24-46(50)51)58(43-29-28-38-16-10-11-19-40(38)34-43)44-30-32-48-47-25-14-15-27-53(47)57(54(48)35-44,41-20-6-2-7-21-41)42-22-8-3-9-23-42/h1-37H. The summed E-state index contributed by atoms with van der Waals surface area (Å²) in [6.07, 6.45) is 0. The first kappa shape index (κ1) is 33.5. The minimum absolute atomic E-state index is 0.514. The van der Waals surface area contributed by atoms with E-state index in [9.17, 15) is 0 Å². The van der Waals surface area contributed by atoms with Gasteiger partial charge in [-0.3, -0.25) is 0 Å². The number of hydrogen-bond donors (Lipinski definition) is 0. The molecule has 11 aromatic rings. The minimum Gasteiger partial charge on any atom is -0.455 e. The van der Waals surface area contributed by atoms with Crippen LogP contribution in [0.3, 0.4) is 0 Å². The quantitative estimate of drug-likeness (QED) is 0.168. The van der Waals surface area contributed by atoms with Crippen LogP contribution in [0.25, 0.3) is 65.7 Å². The molecule has 1 aliphatic rings. The summed E-state index contributed by atoms with van der Waals surface area (Å²) in [6.45, 7) is 0. The number of fused-ring (bicyclic) bond motifs is 9.